The average Bonchev–Trinajstić information content (AvgIpc) is 2.67. The number of nitrogens with zero attached hydrogens (tertiary/aromatic N) is 2. The van der Waals surface area contributed by atoms with Crippen LogP contribution in [0.5, 0.6) is 0 Å². The van der Waals surface area contributed by atoms with E-state index in [-0.39, 0.29) is 10.8 Å². The molecule has 3 aromatic rings. The molecule has 0 fully saturated rings. The summed E-state index contributed by atoms with van der Waals surface area (Å²) >= 11 is 1.23. The molecule has 150 valence electrons. The van der Waals surface area contributed by atoms with Crippen molar-refractivity contribution in [3.63, 3.8) is 0 Å². The van der Waals surface area contributed by atoms with E-state index in [1.807, 2.05) is 43.3 Å². The molecule has 0 aliphatic rings. The van der Waals surface area contributed by atoms with Gasteiger partial charge in [0.1, 0.15) is 0 Å². The van der Waals surface area contributed by atoms with Gasteiger partial charge >= 0.3 is 0 Å². The summed E-state index contributed by atoms with van der Waals surface area (Å²) in [6.45, 7) is 3.61. The third-order valence-electron chi connectivity index (χ3n) is 3.98. The lowest BCUT2D eigenvalue weighted by Crippen LogP contribution is -2.23. The van der Waals surface area contributed by atoms with Crippen LogP contribution in [-0.4, -0.2) is 29.5 Å². The van der Waals surface area contributed by atoms with E-state index in [4.69, 9.17) is 5.14 Å². The molecule has 3 N–H and O–H groups in total. The van der Waals surface area contributed by atoms with Crippen LogP contribution < -0.4 is 10.5 Å². The van der Waals surface area contributed by atoms with Crippen molar-refractivity contribution in [1.82, 2.24) is 9.97 Å². The lowest BCUT2D eigenvalue weighted by molar-refractivity contribution is -0.115. The summed E-state index contributed by atoms with van der Waals surface area (Å²) in [4.78, 5) is 21.5. The zero-order valence-corrected chi connectivity index (χ0v) is 17.5. The molecule has 0 radical (unpaired) electrons. The molecule has 1 amide bonds. The zero-order chi connectivity index (χ0) is 21.0. The molecule has 1 heterocycles. The summed E-state index contributed by atoms with van der Waals surface area (Å²) in [6.07, 6.45) is 0. The summed E-state index contributed by atoms with van der Waals surface area (Å²) < 4.78 is 22.9. The highest BCUT2D eigenvalue weighted by molar-refractivity contribution is 8.00. The predicted molar refractivity (Wildman–Crippen MR) is 114 cm³/mol. The summed E-state index contributed by atoms with van der Waals surface area (Å²) in [5, 5.41) is 7.82. The number of carbonyl (C=O) groups excluding carboxylic acids is 1. The van der Waals surface area contributed by atoms with Crippen molar-refractivity contribution in [2.24, 2.45) is 5.14 Å². The lowest BCUT2D eigenvalue weighted by Gasteiger charge is -2.13. The molecule has 0 aliphatic carbocycles. The molecular weight excluding hydrogens is 408 g/mol. The third-order valence-corrected chi connectivity index (χ3v) is 5.86. The number of primary sulfonamides is 1. The number of rotatable bonds is 6. The van der Waals surface area contributed by atoms with E-state index in [1.165, 1.54) is 30.0 Å². The van der Waals surface area contributed by atoms with Crippen LogP contribution >= 0.6 is 11.8 Å². The summed E-state index contributed by atoms with van der Waals surface area (Å²) in [5.41, 5.74) is 2.91. The molecule has 1 aromatic heterocycles. The van der Waals surface area contributed by atoms with E-state index in [9.17, 15) is 13.2 Å². The fourth-order valence-corrected chi connectivity index (χ4v) is 3.95. The minimum absolute atomic E-state index is 0.0647. The number of anilines is 1. The smallest absolute Gasteiger partial charge is 0.238 e. The molecule has 0 spiro atoms. The SMILES string of the molecule is Cc1cc(-c2ccccc2)nc(SC(C)C(=O)Nc2cccc(S(N)(=O)=O)c2)n1. The highest BCUT2D eigenvalue weighted by Gasteiger charge is 2.18. The largest absolute Gasteiger partial charge is 0.325 e. The maximum Gasteiger partial charge on any atom is 0.238 e. The number of nitrogens with one attached hydrogen (secondary N) is 1. The molecule has 3 rings (SSSR count). The highest BCUT2D eigenvalue weighted by atomic mass is 32.2. The van der Waals surface area contributed by atoms with Crippen molar-refractivity contribution in [2.45, 2.75) is 29.1 Å². The van der Waals surface area contributed by atoms with Crippen molar-refractivity contribution in [3.8, 4) is 11.3 Å². The number of nitrogens with two attached hydrogens (primary N) is 1. The molecule has 0 saturated carbocycles. The number of hydrogen-bond acceptors (Lipinski definition) is 6. The predicted octanol–water partition coefficient (Wildman–Crippen LogP) is 3.22. The molecule has 7 nitrogen and oxygen atoms in total. The Hall–Kier alpha value is -2.75. The molecule has 0 aliphatic heterocycles. The van der Waals surface area contributed by atoms with Gasteiger partial charge in [-0.2, -0.15) is 0 Å². The highest BCUT2D eigenvalue weighted by Crippen LogP contribution is 2.25. The zero-order valence-electron chi connectivity index (χ0n) is 15.9. The minimum atomic E-state index is -3.84. The second-order valence-electron chi connectivity index (χ2n) is 6.37. The average molecular weight is 429 g/mol. The van der Waals surface area contributed by atoms with E-state index in [0.29, 0.717) is 10.8 Å². The second-order valence-corrected chi connectivity index (χ2v) is 9.23. The number of amides is 1. The van der Waals surface area contributed by atoms with Crippen LogP contribution in [0.1, 0.15) is 12.6 Å². The molecule has 1 atom stereocenters. The topological polar surface area (TPSA) is 115 Å². The Balaban J connectivity index is 1.74. The molecule has 2 aromatic carbocycles. The first kappa shape index (κ1) is 21.0. The Bertz CT molecular complexity index is 1140. The summed E-state index contributed by atoms with van der Waals surface area (Å²) in [7, 11) is -3.84. The fourth-order valence-electron chi connectivity index (χ4n) is 2.56. The van der Waals surface area contributed by atoms with Crippen LogP contribution in [0.2, 0.25) is 0 Å². The van der Waals surface area contributed by atoms with Gasteiger partial charge in [0, 0.05) is 16.9 Å². The Kier molecular flexibility index (Phi) is 6.31. The van der Waals surface area contributed by atoms with Crippen molar-refractivity contribution in [1.29, 1.82) is 0 Å². The summed E-state index contributed by atoms with van der Waals surface area (Å²) in [5.74, 6) is -0.298. The number of aromatic nitrogens is 2. The van der Waals surface area contributed by atoms with Crippen molar-refractivity contribution in [3.05, 3.63) is 66.4 Å². The Morgan fingerprint density at radius 3 is 2.48 bits per heavy atom. The van der Waals surface area contributed by atoms with Crippen molar-refractivity contribution >= 4 is 33.4 Å². The van der Waals surface area contributed by atoms with Crippen LogP contribution in [0.3, 0.4) is 0 Å². The van der Waals surface area contributed by atoms with Crippen LogP contribution in [0.15, 0.2) is 70.7 Å². The number of thioether (sulfide) groups is 1. The maximum atomic E-state index is 12.5. The van der Waals surface area contributed by atoms with Crippen molar-refractivity contribution in [2.75, 3.05) is 5.32 Å². The van der Waals surface area contributed by atoms with E-state index >= 15 is 0 Å². The normalized spacial score (nSPS) is 12.4. The number of carbonyl (C=O) groups is 1. The Labute approximate surface area is 173 Å². The van der Waals surface area contributed by atoms with Crippen LogP contribution in [0, 0.1) is 6.92 Å². The van der Waals surface area contributed by atoms with Gasteiger partial charge in [0.25, 0.3) is 0 Å². The maximum absolute atomic E-state index is 12.5. The number of aryl methyl sites for hydroxylation is 1. The Morgan fingerprint density at radius 2 is 1.79 bits per heavy atom. The number of sulfonamides is 1. The van der Waals surface area contributed by atoms with Crippen LogP contribution in [-0.2, 0) is 14.8 Å². The van der Waals surface area contributed by atoms with Gasteiger partial charge in [0.05, 0.1) is 15.8 Å². The second kappa shape index (κ2) is 8.73. The van der Waals surface area contributed by atoms with Gasteiger partial charge in [-0.3, -0.25) is 4.79 Å². The van der Waals surface area contributed by atoms with Crippen LogP contribution in [0.4, 0.5) is 5.69 Å². The summed E-state index contributed by atoms with van der Waals surface area (Å²) in [6, 6.07) is 17.4. The van der Waals surface area contributed by atoms with Gasteiger partial charge in [-0.05, 0) is 38.1 Å². The van der Waals surface area contributed by atoms with Gasteiger partial charge in [-0.1, -0.05) is 48.2 Å². The number of benzene rings is 2. The fraction of sp³-hybridized carbons (Fsp3) is 0.150. The molecular formula is C20H20N4O3S2. The quantitative estimate of drug-likeness (QED) is 0.460. The number of hydrogen-bond donors (Lipinski definition) is 2. The Morgan fingerprint density at radius 1 is 1.07 bits per heavy atom. The first-order chi connectivity index (χ1) is 13.7. The molecule has 29 heavy (non-hydrogen) atoms. The monoisotopic (exact) mass is 428 g/mol. The lowest BCUT2D eigenvalue weighted by atomic mass is 10.1. The first-order valence-corrected chi connectivity index (χ1v) is 11.2. The minimum Gasteiger partial charge on any atom is -0.325 e. The molecule has 0 bridgehead atoms. The standard InChI is InChI=1S/C20H20N4O3S2/c1-13-11-18(15-7-4-3-5-8-15)24-20(22-13)28-14(2)19(25)23-16-9-6-10-17(12-16)29(21,26)27/h3-12,14H,1-2H3,(H,23,25)(H2,21,26,27). The van der Waals surface area contributed by atoms with E-state index in [0.717, 1.165) is 17.0 Å². The van der Waals surface area contributed by atoms with E-state index in [1.54, 1.807) is 13.0 Å². The van der Waals surface area contributed by atoms with Gasteiger partial charge in [0.15, 0.2) is 5.16 Å². The molecule has 1 unspecified atom stereocenters. The van der Waals surface area contributed by atoms with Crippen LogP contribution in [0.25, 0.3) is 11.3 Å². The van der Waals surface area contributed by atoms with Crippen molar-refractivity contribution < 1.29 is 13.2 Å². The van der Waals surface area contributed by atoms with E-state index < -0.39 is 15.3 Å². The van der Waals surface area contributed by atoms with Gasteiger partial charge in [-0.25, -0.2) is 23.5 Å². The molecule has 0 saturated heterocycles. The third kappa shape index (κ3) is 5.63. The first-order valence-electron chi connectivity index (χ1n) is 8.74. The van der Waals surface area contributed by atoms with E-state index in [2.05, 4.69) is 15.3 Å². The van der Waals surface area contributed by atoms with Gasteiger partial charge in [0.2, 0.25) is 15.9 Å². The van der Waals surface area contributed by atoms with Gasteiger partial charge in [-0.15, -0.1) is 0 Å². The molecule has 9 heteroatoms. The van der Waals surface area contributed by atoms with Gasteiger partial charge < -0.3 is 5.32 Å².